The predicted octanol–water partition coefficient (Wildman–Crippen LogP) is 5.08. The Morgan fingerprint density at radius 1 is 0.961 bits per heavy atom. The van der Waals surface area contributed by atoms with Crippen molar-refractivity contribution in [3.05, 3.63) is 89.6 Å². The minimum Gasteiger partial charge on any atom is -0.465 e. The summed E-state index contributed by atoms with van der Waals surface area (Å²) >= 11 is 0. The second kappa shape index (κ2) is 15.1. The van der Waals surface area contributed by atoms with Gasteiger partial charge in [0.1, 0.15) is 25.1 Å². The predicted molar refractivity (Wildman–Crippen MR) is 190 cm³/mol. The van der Waals surface area contributed by atoms with E-state index in [1.165, 1.54) is 4.90 Å². The Labute approximate surface area is 296 Å². The number of carboxylic acid groups (broad SMARTS) is 1. The van der Waals surface area contributed by atoms with Crippen LogP contribution < -0.4 is 14.5 Å². The maximum absolute atomic E-state index is 13.2. The Hall–Kier alpha value is -5.61. The lowest BCUT2D eigenvalue weighted by Crippen LogP contribution is -2.55. The molecule has 0 spiro atoms. The summed E-state index contributed by atoms with van der Waals surface area (Å²) in [6.07, 6.45) is -1.09. The molecule has 13 nitrogen and oxygen atoms in total. The van der Waals surface area contributed by atoms with Crippen molar-refractivity contribution in [1.82, 2.24) is 19.8 Å². The zero-order valence-corrected chi connectivity index (χ0v) is 28.6. The second-order valence-electron chi connectivity index (χ2n) is 13.2. The van der Waals surface area contributed by atoms with E-state index in [0.29, 0.717) is 32.6 Å². The van der Waals surface area contributed by atoms with E-state index in [2.05, 4.69) is 46.2 Å². The zero-order valence-electron chi connectivity index (χ0n) is 28.6. The highest BCUT2D eigenvalue weighted by Crippen LogP contribution is 2.35. The van der Waals surface area contributed by atoms with Gasteiger partial charge >= 0.3 is 18.2 Å². The number of rotatable bonds is 8. The van der Waals surface area contributed by atoms with Crippen LogP contribution in [0.4, 0.5) is 21.1 Å². The first-order valence-electron chi connectivity index (χ1n) is 17.3. The number of benzene rings is 3. The molecule has 0 radical (unpaired) electrons. The Morgan fingerprint density at radius 2 is 1.76 bits per heavy atom. The molecule has 1 N–H and O–H groups in total. The number of hydrogen-bond donors (Lipinski definition) is 1. The molecule has 2 amide bonds. The summed E-state index contributed by atoms with van der Waals surface area (Å²) in [7, 11) is 0. The van der Waals surface area contributed by atoms with Crippen LogP contribution in [0.2, 0.25) is 0 Å². The van der Waals surface area contributed by atoms with E-state index in [1.807, 2.05) is 49.4 Å². The normalized spacial score (nSPS) is 20.4. The summed E-state index contributed by atoms with van der Waals surface area (Å²) in [5.74, 6) is 0.721. The SMILES string of the molecule is CC1COC(COc2nc3c(c(N4CCN(C(=O)OCc5ccccc5)C(CC#N)C4)n2)CCN(c2cccc4ccccc24)C3)CN1C(=O)O. The molecule has 2 fully saturated rings. The van der Waals surface area contributed by atoms with Gasteiger partial charge in [0.05, 0.1) is 50.0 Å². The number of anilines is 2. The molecule has 13 heteroatoms. The van der Waals surface area contributed by atoms with Crippen molar-refractivity contribution in [3.63, 3.8) is 0 Å². The molecule has 264 valence electrons. The van der Waals surface area contributed by atoms with Crippen LogP contribution in [0.25, 0.3) is 10.8 Å². The van der Waals surface area contributed by atoms with Crippen LogP contribution in [0.15, 0.2) is 72.8 Å². The third-order valence-corrected chi connectivity index (χ3v) is 9.83. The van der Waals surface area contributed by atoms with Gasteiger partial charge < -0.3 is 38.9 Å². The molecular weight excluding hydrogens is 650 g/mol. The monoisotopic (exact) mass is 691 g/mol. The van der Waals surface area contributed by atoms with Gasteiger partial charge in [-0.2, -0.15) is 15.2 Å². The van der Waals surface area contributed by atoms with Crippen LogP contribution >= 0.6 is 0 Å². The van der Waals surface area contributed by atoms with Gasteiger partial charge in [0.15, 0.2) is 0 Å². The molecule has 3 aliphatic heterocycles. The Balaban J connectivity index is 1.14. The van der Waals surface area contributed by atoms with Gasteiger partial charge in [0.2, 0.25) is 0 Å². The van der Waals surface area contributed by atoms with Crippen molar-refractivity contribution in [2.24, 2.45) is 0 Å². The number of carbonyl (C=O) groups excluding carboxylic acids is 1. The van der Waals surface area contributed by atoms with Crippen LogP contribution in [0.3, 0.4) is 0 Å². The molecule has 0 saturated carbocycles. The number of nitrogens with zero attached hydrogens (tertiary/aromatic N) is 7. The number of aromatic nitrogens is 2. The quantitative estimate of drug-likeness (QED) is 0.264. The van der Waals surface area contributed by atoms with Gasteiger partial charge in [-0.15, -0.1) is 0 Å². The fourth-order valence-corrected chi connectivity index (χ4v) is 7.13. The average Bonchev–Trinajstić information content (AvgIpc) is 3.16. The van der Waals surface area contributed by atoms with E-state index < -0.39 is 24.3 Å². The largest absolute Gasteiger partial charge is 0.465 e. The van der Waals surface area contributed by atoms with Gasteiger partial charge in [-0.3, -0.25) is 0 Å². The molecule has 2 saturated heterocycles. The first kappa shape index (κ1) is 33.9. The van der Waals surface area contributed by atoms with Crippen LogP contribution in [0.5, 0.6) is 6.01 Å². The van der Waals surface area contributed by atoms with E-state index >= 15 is 0 Å². The third kappa shape index (κ3) is 7.46. The van der Waals surface area contributed by atoms with E-state index in [9.17, 15) is 20.0 Å². The van der Waals surface area contributed by atoms with Crippen LogP contribution in [0.1, 0.15) is 30.2 Å². The van der Waals surface area contributed by atoms with Crippen molar-refractivity contribution >= 4 is 34.5 Å². The standard InChI is InChI=1S/C38H41N7O6/c1-26-23-49-30(21-45(26)37(46)47)25-50-36-40-33-22-42(34-13-7-11-28-10-5-6-12-31(28)34)17-15-32(33)35(41-36)43-18-19-44(29(20-43)14-16-39)38(48)51-24-27-8-3-2-4-9-27/h2-13,26,29-30H,14-15,17-25H2,1H3,(H,46,47). The maximum atomic E-state index is 13.2. The smallest absolute Gasteiger partial charge is 0.410 e. The van der Waals surface area contributed by atoms with Crippen LogP contribution in [0, 0.1) is 11.3 Å². The van der Waals surface area contributed by atoms with E-state index in [0.717, 1.165) is 45.6 Å². The summed E-state index contributed by atoms with van der Waals surface area (Å²) in [4.78, 5) is 42.3. The van der Waals surface area contributed by atoms with Gasteiger partial charge in [-0.25, -0.2) is 9.59 Å². The van der Waals surface area contributed by atoms with Crippen molar-refractivity contribution in [1.29, 1.82) is 5.26 Å². The van der Waals surface area contributed by atoms with E-state index in [-0.39, 0.29) is 44.8 Å². The Kier molecular flexibility index (Phi) is 10.0. The summed E-state index contributed by atoms with van der Waals surface area (Å²) in [5.41, 5.74) is 3.86. The number of nitriles is 1. The minimum absolute atomic E-state index is 0.0832. The highest BCUT2D eigenvalue weighted by Gasteiger charge is 2.35. The summed E-state index contributed by atoms with van der Waals surface area (Å²) < 4.78 is 17.7. The molecular formula is C38H41N7O6. The number of carbonyl (C=O) groups is 2. The zero-order chi connectivity index (χ0) is 35.3. The molecule has 4 aromatic rings. The van der Waals surface area contributed by atoms with Gasteiger partial charge in [0.25, 0.3) is 0 Å². The molecule has 1 aromatic heterocycles. The molecule has 7 rings (SSSR count). The molecule has 3 aromatic carbocycles. The molecule has 3 atom stereocenters. The van der Waals surface area contributed by atoms with Gasteiger partial charge in [-0.1, -0.05) is 66.7 Å². The topological polar surface area (TPSA) is 145 Å². The van der Waals surface area contributed by atoms with Crippen molar-refractivity contribution < 1.29 is 28.9 Å². The lowest BCUT2D eigenvalue weighted by atomic mass is 10.0. The number of amides is 2. The fraction of sp³-hybridized carbons (Fsp3) is 0.395. The molecule has 0 aliphatic carbocycles. The summed E-state index contributed by atoms with van der Waals surface area (Å²) in [6, 6.07) is 25.9. The fourth-order valence-electron chi connectivity index (χ4n) is 7.13. The van der Waals surface area contributed by atoms with E-state index in [1.54, 1.807) is 4.90 Å². The molecule has 3 unspecified atom stereocenters. The van der Waals surface area contributed by atoms with Gasteiger partial charge in [0, 0.05) is 42.8 Å². The molecule has 51 heavy (non-hydrogen) atoms. The number of fused-ring (bicyclic) bond motifs is 2. The highest BCUT2D eigenvalue weighted by molar-refractivity contribution is 5.94. The maximum Gasteiger partial charge on any atom is 0.410 e. The summed E-state index contributed by atoms with van der Waals surface area (Å²) in [6.45, 7) is 5.02. The number of piperazine rings is 1. The number of morpholine rings is 1. The van der Waals surface area contributed by atoms with Crippen molar-refractivity contribution in [2.45, 2.75) is 51.1 Å². The second-order valence-corrected chi connectivity index (χ2v) is 13.2. The van der Waals surface area contributed by atoms with E-state index in [4.69, 9.17) is 24.2 Å². The van der Waals surface area contributed by atoms with Gasteiger partial charge in [-0.05, 0) is 30.4 Å². The summed E-state index contributed by atoms with van der Waals surface area (Å²) in [5, 5.41) is 21.7. The average molecular weight is 692 g/mol. The first-order chi connectivity index (χ1) is 24.9. The highest BCUT2D eigenvalue weighted by atomic mass is 16.6. The molecule has 0 bridgehead atoms. The first-order valence-corrected chi connectivity index (χ1v) is 17.3. The molecule has 4 heterocycles. The lowest BCUT2D eigenvalue weighted by molar-refractivity contribution is -0.0657. The lowest BCUT2D eigenvalue weighted by Gasteiger charge is -2.42. The Morgan fingerprint density at radius 3 is 2.59 bits per heavy atom. The Bertz CT molecular complexity index is 1920. The number of hydrogen-bond acceptors (Lipinski definition) is 10. The molecule has 3 aliphatic rings. The van der Waals surface area contributed by atoms with Crippen molar-refractivity contribution in [3.8, 4) is 12.1 Å². The van der Waals surface area contributed by atoms with Crippen LogP contribution in [-0.2, 0) is 29.0 Å². The van der Waals surface area contributed by atoms with Crippen molar-refractivity contribution in [2.75, 3.05) is 55.7 Å². The number of ether oxygens (including phenoxy) is 3. The minimum atomic E-state index is -0.994. The third-order valence-electron chi connectivity index (χ3n) is 9.83. The van der Waals surface area contributed by atoms with Crippen LogP contribution in [-0.4, -0.2) is 101 Å².